The third kappa shape index (κ3) is 9.03. The van der Waals surface area contributed by atoms with Crippen molar-refractivity contribution >= 4 is 34.7 Å². The third-order valence-electron chi connectivity index (χ3n) is 13.3. The third-order valence-corrected chi connectivity index (χ3v) is 14.2. The number of hydrogen-bond donors (Lipinski definition) is 4. The van der Waals surface area contributed by atoms with Gasteiger partial charge in [-0.25, -0.2) is 4.98 Å². The molecule has 0 saturated carbocycles. The maximum absolute atomic E-state index is 14.3. The number of aromatic nitrogens is 4. The van der Waals surface area contributed by atoms with Gasteiger partial charge in [0, 0.05) is 69.9 Å². The largest absolute Gasteiger partial charge is 0.507 e. The monoisotopic (exact) mass is 890 g/mol. The molecule has 64 heavy (non-hydrogen) atoms. The molecule has 9 rings (SSSR count). The first-order valence-corrected chi connectivity index (χ1v) is 23.3. The number of phenolic OH excluding ortho intramolecular Hbond substituents is 1. The highest BCUT2D eigenvalue weighted by molar-refractivity contribution is 7.13. The second-order valence-corrected chi connectivity index (χ2v) is 19.0. The summed E-state index contributed by atoms with van der Waals surface area (Å²) < 4.78 is 12.1. The maximum atomic E-state index is 14.3. The Bertz CT molecular complexity index is 2440. The lowest BCUT2D eigenvalue weighted by Gasteiger charge is -2.47. The fourth-order valence-corrected chi connectivity index (χ4v) is 10.7. The van der Waals surface area contributed by atoms with Crippen LogP contribution in [-0.4, -0.2) is 140 Å². The van der Waals surface area contributed by atoms with Crippen LogP contribution in [0.15, 0.2) is 70.7 Å². The Morgan fingerprint density at radius 2 is 1.81 bits per heavy atom. The summed E-state index contributed by atoms with van der Waals surface area (Å²) in [6, 6.07) is 18.6. The van der Waals surface area contributed by atoms with Gasteiger partial charge in [0.05, 0.1) is 45.7 Å². The Kier molecular flexibility index (Phi) is 12.6. The van der Waals surface area contributed by atoms with Crippen molar-refractivity contribution in [3.05, 3.63) is 83.2 Å². The molecule has 338 valence electrons. The van der Waals surface area contributed by atoms with E-state index in [2.05, 4.69) is 45.7 Å². The van der Waals surface area contributed by atoms with Crippen LogP contribution in [0.4, 0.5) is 11.5 Å². The molecule has 3 fully saturated rings. The molecule has 0 aliphatic carbocycles. The van der Waals surface area contributed by atoms with Crippen molar-refractivity contribution in [3.63, 3.8) is 0 Å². The van der Waals surface area contributed by atoms with Gasteiger partial charge in [-0.2, -0.15) is 0 Å². The molecule has 3 aromatic heterocycles. The topological polar surface area (TPSA) is 186 Å². The molecule has 16 nitrogen and oxygen atoms in total. The lowest BCUT2D eigenvalue weighted by Crippen LogP contribution is -2.60. The lowest BCUT2D eigenvalue weighted by molar-refractivity contribution is -0.141. The molecule has 5 aromatic rings. The zero-order valence-corrected chi connectivity index (χ0v) is 37.9. The van der Waals surface area contributed by atoms with E-state index in [1.165, 1.54) is 4.90 Å². The maximum Gasteiger partial charge on any atom is 0.254 e. The number of anilines is 2. The van der Waals surface area contributed by atoms with Crippen molar-refractivity contribution in [1.82, 2.24) is 40.4 Å². The van der Waals surface area contributed by atoms with Crippen molar-refractivity contribution in [1.29, 1.82) is 0 Å². The van der Waals surface area contributed by atoms with Gasteiger partial charge in [-0.1, -0.05) is 50.2 Å². The molecule has 7 atom stereocenters. The van der Waals surface area contributed by atoms with Crippen LogP contribution in [0.1, 0.15) is 69.5 Å². The van der Waals surface area contributed by atoms with Gasteiger partial charge in [0.1, 0.15) is 23.8 Å². The number of fused-ring (bicyclic) bond motifs is 3. The summed E-state index contributed by atoms with van der Waals surface area (Å²) in [6.45, 7) is 16.0. The van der Waals surface area contributed by atoms with Crippen molar-refractivity contribution in [2.45, 2.75) is 89.8 Å². The number of carbonyl (C=O) groups excluding carboxylic acids is 2. The number of carbonyl (C=O) groups is 2. The number of aliphatic hydroxyl groups is 1. The van der Waals surface area contributed by atoms with Gasteiger partial charge in [0.25, 0.3) is 5.88 Å². The van der Waals surface area contributed by atoms with E-state index in [4.69, 9.17) is 9.26 Å². The number of aryl methyl sites for hydroxylation is 1. The number of thiazole rings is 1. The van der Waals surface area contributed by atoms with Gasteiger partial charge in [0.2, 0.25) is 11.8 Å². The molecular formula is C47H58N10O6S. The average molecular weight is 891 g/mol. The van der Waals surface area contributed by atoms with E-state index >= 15 is 0 Å². The molecule has 0 spiro atoms. The molecule has 4 aliphatic rings. The van der Waals surface area contributed by atoms with Gasteiger partial charge in [0.15, 0.2) is 11.6 Å². The van der Waals surface area contributed by atoms with Crippen LogP contribution in [0, 0.1) is 12.8 Å². The number of β-amino-alcohol motifs (C(OH)–C–C–N with tert-alkyl or cyclic N) is 1. The number of para-hydroxylation sites is 1. The number of hydrogen-bond acceptors (Lipinski definition) is 15. The minimum absolute atomic E-state index is 0.0564. The molecule has 7 heterocycles. The zero-order valence-electron chi connectivity index (χ0n) is 37.1. The van der Waals surface area contributed by atoms with E-state index < -0.39 is 18.1 Å². The minimum Gasteiger partial charge on any atom is -0.507 e. The lowest BCUT2D eigenvalue weighted by atomic mass is 9.91. The summed E-state index contributed by atoms with van der Waals surface area (Å²) in [5.41, 5.74) is 7.17. The van der Waals surface area contributed by atoms with Crippen LogP contribution < -0.4 is 20.3 Å². The van der Waals surface area contributed by atoms with Crippen molar-refractivity contribution < 1.29 is 29.1 Å². The van der Waals surface area contributed by atoms with Crippen molar-refractivity contribution in [2.24, 2.45) is 5.92 Å². The highest BCUT2D eigenvalue weighted by atomic mass is 32.1. The second kappa shape index (κ2) is 18.5. The number of nitrogens with zero attached hydrogens (tertiary/aromatic N) is 8. The summed E-state index contributed by atoms with van der Waals surface area (Å²) in [5.74, 6) is 0.156. The number of benzene rings is 2. The van der Waals surface area contributed by atoms with Crippen molar-refractivity contribution in [3.8, 4) is 33.3 Å². The number of rotatable bonds is 13. The SMILES string of the molecule is Cc1ncsc1-c1ccc([C@H](C)NC(=O)[C@@H]2C[C@@H](O)CN2C(=O)[C@@H](c2cc(O[C@@H](C)CN3CC[C@@H](N4CCN5c6cc(-c7ccccc7O)nnc6NC[C@@H]5C4)C3)no2)C(C)C)cc1. The van der Waals surface area contributed by atoms with Crippen LogP contribution in [0.5, 0.6) is 11.6 Å². The Hall–Kier alpha value is -5.62. The number of likely N-dealkylation sites (tertiary alicyclic amines) is 2. The number of aromatic hydroxyl groups is 1. The van der Waals surface area contributed by atoms with Gasteiger partial charge in [-0.15, -0.1) is 21.5 Å². The van der Waals surface area contributed by atoms with Crippen molar-refractivity contribution in [2.75, 3.05) is 62.6 Å². The molecule has 17 heteroatoms. The quantitative estimate of drug-likeness (QED) is 0.119. The summed E-state index contributed by atoms with van der Waals surface area (Å²) in [4.78, 5) is 42.5. The first-order chi connectivity index (χ1) is 30.9. The van der Waals surface area contributed by atoms with Crippen LogP contribution in [0.3, 0.4) is 0 Å². The highest BCUT2D eigenvalue weighted by Crippen LogP contribution is 2.37. The van der Waals surface area contributed by atoms with Gasteiger partial charge < -0.3 is 39.9 Å². The van der Waals surface area contributed by atoms with Gasteiger partial charge >= 0.3 is 0 Å². The Morgan fingerprint density at radius 3 is 2.58 bits per heavy atom. The molecule has 4 aliphatic heterocycles. The average Bonchev–Trinajstić information content (AvgIpc) is 4.12. The van der Waals surface area contributed by atoms with E-state index in [-0.39, 0.29) is 54.6 Å². The Labute approximate surface area is 377 Å². The standard InChI is InChI=1S/C47H58N10O6S/c1-27(2)43(47(61)57-25-35(58)18-39(57)46(60)50-29(4)31-10-12-32(13-11-31)44-30(5)49-26-64-44)41-20-42(53-63-41)62-28(3)22-54-15-14-33(23-54)55-16-17-56-34(24-55)21-48-45-38(56)19-37(51-52-45)36-8-6-7-9-40(36)59/h6-13,19-20,26-29,33-35,39,43,58-59H,14-18,21-25H2,1-5H3,(H,48,52)(H,50,60)/t28-,29-,33+,34+,35+,39-,43+/m0/s1. The first kappa shape index (κ1) is 43.6. The van der Waals surface area contributed by atoms with Crippen LogP contribution in [-0.2, 0) is 9.59 Å². The molecule has 2 aromatic carbocycles. The fraction of sp³-hybridized carbons (Fsp3) is 0.489. The molecule has 0 bridgehead atoms. The van der Waals surface area contributed by atoms with Crippen LogP contribution in [0.2, 0.25) is 0 Å². The predicted molar refractivity (Wildman–Crippen MR) is 244 cm³/mol. The molecule has 3 saturated heterocycles. The van der Waals surface area contributed by atoms with E-state index in [0.717, 1.165) is 78.9 Å². The number of ether oxygens (including phenoxy) is 1. The summed E-state index contributed by atoms with van der Waals surface area (Å²) in [6.07, 6.45) is 0.218. The van der Waals surface area contributed by atoms with E-state index in [9.17, 15) is 19.8 Å². The van der Waals surface area contributed by atoms with Crippen LogP contribution >= 0.6 is 11.3 Å². The zero-order chi connectivity index (χ0) is 44.6. The Morgan fingerprint density at radius 1 is 1.00 bits per heavy atom. The van der Waals surface area contributed by atoms with Crippen LogP contribution in [0.25, 0.3) is 21.7 Å². The first-order valence-electron chi connectivity index (χ1n) is 22.5. The summed E-state index contributed by atoms with van der Waals surface area (Å²) in [7, 11) is 0. The smallest absolute Gasteiger partial charge is 0.254 e. The number of amides is 2. The fourth-order valence-electron chi connectivity index (χ4n) is 9.94. The summed E-state index contributed by atoms with van der Waals surface area (Å²) in [5, 5.41) is 40.8. The normalized spacial score (nSPS) is 22.7. The van der Waals surface area contributed by atoms with Gasteiger partial charge in [-0.05, 0) is 74.1 Å². The molecule has 2 amide bonds. The minimum atomic E-state index is -0.826. The highest BCUT2D eigenvalue weighted by Gasteiger charge is 2.44. The Balaban J connectivity index is 0.773. The summed E-state index contributed by atoms with van der Waals surface area (Å²) >= 11 is 1.59. The predicted octanol–water partition coefficient (Wildman–Crippen LogP) is 5.31. The van der Waals surface area contributed by atoms with Gasteiger partial charge in [-0.3, -0.25) is 19.4 Å². The molecule has 0 unspecified atom stereocenters. The van der Waals surface area contributed by atoms with E-state index in [1.807, 2.05) is 82.6 Å². The second-order valence-electron chi connectivity index (χ2n) is 18.1. The van der Waals surface area contributed by atoms with E-state index in [1.54, 1.807) is 29.5 Å². The molecule has 0 radical (unpaired) electrons. The molecule has 4 N–H and O–H groups in total. The van der Waals surface area contributed by atoms with E-state index in [0.29, 0.717) is 35.5 Å². The number of piperazine rings is 1. The molecular weight excluding hydrogens is 833 g/mol. The number of nitrogens with one attached hydrogen (secondary N) is 2. The number of phenols is 1. The number of aliphatic hydroxyl groups excluding tert-OH is 1.